The average molecular weight is 256 g/mol. The molecule has 4 unspecified atom stereocenters. The molecule has 0 aromatic heterocycles. The number of nitrogens with two attached hydrogens (primary N) is 1. The summed E-state index contributed by atoms with van der Waals surface area (Å²) in [5.74, 6) is -2.12. The van der Waals surface area contributed by atoms with E-state index in [9.17, 15) is 14.7 Å². The molecule has 0 aliphatic carbocycles. The molecule has 1 amide bonds. The minimum absolute atomic E-state index is 0.101. The molecule has 7 nitrogen and oxygen atoms in total. The normalized spacial score (nSPS) is 30.0. The second kappa shape index (κ2) is 4.34. The number of hydrogen-bond donors (Lipinski definition) is 3. The topological polar surface area (TPSA) is 113 Å². The molecule has 0 spiro atoms. The van der Waals surface area contributed by atoms with Crippen LogP contribution in [-0.4, -0.2) is 52.5 Å². The minimum atomic E-state index is -1.20. The highest BCUT2D eigenvalue weighted by molar-refractivity contribution is 5.99. The van der Waals surface area contributed by atoms with Crippen LogP contribution < -0.4 is 5.73 Å². The molecular formula is C11H16N2O5. The first-order valence-corrected chi connectivity index (χ1v) is 5.66. The first-order chi connectivity index (χ1) is 8.40. The Hall–Kier alpha value is -1.44. The molecule has 0 bridgehead atoms. The molecule has 100 valence electrons. The zero-order valence-corrected chi connectivity index (χ0v) is 10.2. The van der Waals surface area contributed by atoms with E-state index in [-0.39, 0.29) is 17.6 Å². The molecule has 0 saturated carbocycles. The number of aliphatic hydroxyl groups excluding tert-OH is 1. The molecule has 2 aliphatic heterocycles. The fourth-order valence-electron chi connectivity index (χ4n) is 2.70. The molecule has 0 aromatic rings. The van der Waals surface area contributed by atoms with Gasteiger partial charge in [0.05, 0.1) is 18.1 Å². The quantitative estimate of drug-likeness (QED) is 0.433. The van der Waals surface area contributed by atoms with Crippen molar-refractivity contribution in [3.05, 3.63) is 11.3 Å². The van der Waals surface area contributed by atoms with Gasteiger partial charge in [-0.2, -0.15) is 0 Å². The van der Waals surface area contributed by atoms with E-state index in [0.717, 1.165) is 0 Å². The fraction of sp³-hybridized carbons (Fsp3) is 0.636. The van der Waals surface area contributed by atoms with Crippen molar-refractivity contribution in [2.24, 2.45) is 11.7 Å². The van der Waals surface area contributed by atoms with E-state index in [0.29, 0.717) is 12.0 Å². The van der Waals surface area contributed by atoms with Gasteiger partial charge in [0.15, 0.2) is 0 Å². The number of methoxy groups -OCH3 is 1. The number of carboxylic acid groups (broad SMARTS) is 1. The van der Waals surface area contributed by atoms with Gasteiger partial charge in [-0.05, 0) is 13.3 Å². The van der Waals surface area contributed by atoms with Crippen molar-refractivity contribution in [1.29, 1.82) is 0 Å². The van der Waals surface area contributed by atoms with Gasteiger partial charge < -0.3 is 25.6 Å². The third-order valence-electron chi connectivity index (χ3n) is 3.56. The molecule has 2 rings (SSSR count). The second-order valence-electron chi connectivity index (χ2n) is 4.58. The molecule has 4 atom stereocenters. The Bertz CT molecular complexity index is 431. The van der Waals surface area contributed by atoms with Crippen molar-refractivity contribution in [3.63, 3.8) is 0 Å². The van der Waals surface area contributed by atoms with Crippen LogP contribution in [0.1, 0.15) is 13.3 Å². The molecule has 4 N–H and O–H groups in total. The molecule has 2 aliphatic rings. The number of aliphatic hydroxyl groups is 1. The highest BCUT2D eigenvalue weighted by Gasteiger charge is 2.57. The van der Waals surface area contributed by atoms with Gasteiger partial charge in [0, 0.05) is 12.7 Å². The van der Waals surface area contributed by atoms with Crippen molar-refractivity contribution in [2.45, 2.75) is 31.7 Å². The Morgan fingerprint density at radius 1 is 1.61 bits per heavy atom. The zero-order valence-electron chi connectivity index (χ0n) is 10.2. The highest BCUT2D eigenvalue weighted by atomic mass is 16.5. The number of aliphatic carboxylic acids is 1. The monoisotopic (exact) mass is 256 g/mol. The zero-order chi connectivity index (χ0) is 13.6. The van der Waals surface area contributed by atoms with Gasteiger partial charge in [-0.1, -0.05) is 0 Å². The van der Waals surface area contributed by atoms with Gasteiger partial charge in [-0.25, -0.2) is 4.79 Å². The van der Waals surface area contributed by atoms with Crippen LogP contribution >= 0.6 is 0 Å². The van der Waals surface area contributed by atoms with Crippen LogP contribution in [0.4, 0.5) is 0 Å². The van der Waals surface area contributed by atoms with Crippen LogP contribution in [0, 0.1) is 5.92 Å². The van der Waals surface area contributed by atoms with Gasteiger partial charge in [-0.3, -0.25) is 4.79 Å². The molecule has 1 fully saturated rings. The summed E-state index contributed by atoms with van der Waals surface area (Å²) in [6, 6.07) is -0.320. The van der Waals surface area contributed by atoms with Crippen molar-refractivity contribution in [1.82, 2.24) is 4.90 Å². The Kier molecular flexibility index (Phi) is 3.14. The minimum Gasteiger partial charge on any atom is -0.477 e. The number of hydrogen-bond acceptors (Lipinski definition) is 5. The summed E-state index contributed by atoms with van der Waals surface area (Å²) >= 11 is 0. The number of carboxylic acids is 1. The fourth-order valence-corrected chi connectivity index (χ4v) is 2.70. The van der Waals surface area contributed by atoms with Gasteiger partial charge in [0.2, 0.25) is 5.91 Å². The number of β-lactam (4-membered cyclic amide) rings is 1. The van der Waals surface area contributed by atoms with Crippen LogP contribution in [0.25, 0.3) is 0 Å². The van der Waals surface area contributed by atoms with Crippen LogP contribution in [-0.2, 0) is 14.3 Å². The van der Waals surface area contributed by atoms with E-state index in [1.54, 1.807) is 0 Å². The van der Waals surface area contributed by atoms with Crippen molar-refractivity contribution in [3.8, 4) is 0 Å². The number of fused-ring (bicyclic) bond motifs is 1. The third kappa shape index (κ3) is 1.63. The number of ether oxygens (including phenoxy) is 1. The summed E-state index contributed by atoms with van der Waals surface area (Å²) in [4.78, 5) is 24.3. The predicted octanol–water partition coefficient (Wildman–Crippen LogP) is -1.13. The summed E-state index contributed by atoms with van der Waals surface area (Å²) in [6.45, 7) is 1.52. The third-order valence-corrected chi connectivity index (χ3v) is 3.56. The predicted molar refractivity (Wildman–Crippen MR) is 60.1 cm³/mol. The van der Waals surface area contributed by atoms with Crippen LogP contribution in [0.15, 0.2) is 11.3 Å². The lowest BCUT2D eigenvalue weighted by Crippen LogP contribution is -2.61. The van der Waals surface area contributed by atoms with E-state index in [1.165, 1.54) is 18.9 Å². The summed E-state index contributed by atoms with van der Waals surface area (Å²) in [7, 11) is 1.38. The van der Waals surface area contributed by atoms with E-state index in [2.05, 4.69) is 0 Å². The Labute approximate surface area is 104 Å². The molecule has 18 heavy (non-hydrogen) atoms. The number of carbonyl (C=O) groups is 2. The number of nitrogens with zero attached hydrogens (tertiary/aromatic N) is 1. The van der Waals surface area contributed by atoms with E-state index < -0.39 is 24.2 Å². The molecular weight excluding hydrogens is 240 g/mol. The summed E-state index contributed by atoms with van der Waals surface area (Å²) < 4.78 is 4.93. The first-order valence-electron chi connectivity index (χ1n) is 5.66. The maximum absolute atomic E-state index is 11.8. The highest BCUT2D eigenvalue weighted by Crippen LogP contribution is 2.44. The summed E-state index contributed by atoms with van der Waals surface area (Å²) in [5.41, 5.74) is 5.98. The maximum Gasteiger partial charge on any atom is 0.352 e. The SMILES string of the molecule is COC(N)C1=C(C(=O)O)N2C(=O)C(C(C)O)C2C1. The van der Waals surface area contributed by atoms with Gasteiger partial charge in [0.25, 0.3) is 0 Å². The van der Waals surface area contributed by atoms with Crippen LogP contribution in [0.3, 0.4) is 0 Å². The van der Waals surface area contributed by atoms with Crippen molar-refractivity contribution in [2.75, 3.05) is 7.11 Å². The maximum atomic E-state index is 11.8. The molecule has 1 saturated heterocycles. The van der Waals surface area contributed by atoms with Crippen molar-refractivity contribution >= 4 is 11.9 Å². The summed E-state index contributed by atoms with van der Waals surface area (Å²) in [5, 5.41) is 18.7. The van der Waals surface area contributed by atoms with Gasteiger partial charge in [-0.15, -0.1) is 0 Å². The van der Waals surface area contributed by atoms with Gasteiger partial charge in [0.1, 0.15) is 11.9 Å². The lowest BCUT2D eigenvalue weighted by molar-refractivity contribution is -0.161. The van der Waals surface area contributed by atoms with E-state index in [1.807, 2.05) is 0 Å². The lowest BCUT2D eigenvalue weighted by atomic mass is 9.83. The number of rotatable bonds is 4. The van der Waals surface area contributed by atoms with Crippen LogP contribution in [0.2, 0.25) is 0 Å². The molecule has 0 radical (unpaired) electrons. The lowest BCUT2D eigenvalue weighted by Gasteiger charge is -2.44. The Morgan fingerprint density at radius 2 is 2.22 bits per heavy atom. The first kappa shape index (κ1) is 13.0. The molecule has 2 heterocycles. The van der Waals surface area contributed by atoms with E-state index >= 15 is 0 Å². The van der Waals surface area contributed by atoms with Crippen LogP contribution in [0.5, 0.6) is 0 Å². The second-order valence-corrected chi connectivity index (χ2v) is 4.58. The summed E-state index contributed by atoms with van der Waals surface area (Å²) in [6.07, 6.45) is -1.31. The smallest absolute Gasteiger partial charge is 0.352 e. The van der Waals surface area contributed by atoms with Crippen molar-refractivity contribution < 1.29 is 24.5 Å². The Balaban J connectivity index is 2.33. The largest absolute Gasteiger partial charge is 0.477 e. The van der Waals surface area contributed by atoms with Gasteiger partial charge >= 0.3 is 5.97 Å². The molecule has 7 heteroatoms. The average Bonchev–Trinajstić information content (AvgIpc) is 2.62. The molecule has 0 aromatic carbocycles. The Morgan fingerprint density at radius 3 is 2.67 bits per heavy atom. The standard InChI is InChI=1S/C11H16N2O5/c1-4(14)7-6-3-5(9(12)18-2)8(11(16)17)13(6)10(7)15/h4,6-7,9,14H,3,12H2,1-2H3,(H,16,17). The number of carbonyl (C=O) groups excluding carboxylic acids is 1. The van der Waals surface area contributed by atoms with E-state index in [4.69, 9.17) is 15.6 Å². The number of amides is 1.